The van der Waals surface area contributed by atoms with Crippen LogP contribution in [0.15, 0.2) is 54.6 Å². The molecule has 0 saturated carbocycles. The average Bonchev–Trinajstić information content (AvgIpc) is 2.99. The molecule has 3 rings (SSSR count). The van der Waals surface area contributed by atoms with Crippen LogP contribution < -0.4 is 20.7 Å². The van der Waals surface area contributed by atoms with Crippen LogP contribution in [0.3, 0.4) is 0 Å². The van der Waals surface area contributed by atoms with E-state index in [0.717, 1.165) is 0 Å². The van der Waals surface area contributed by atoms with Gasteiger partial charge in [-0.1, -0.05) is 61.8 Å². The maximum atomic E-state index is 15.0. The summed E-state index contributed by atoms with van der Waals surface area (Å²) in [7, 11) is 0. The van der Waals surface area contributed by atoms with Crippen molar-refractivity contribution in [3.05, 3.63) is 65.2 Å². The molecule has 0 aliphatic carbocycles. The minimum atomic E-state index is -4.39. The van der Waals surface area contributed by atoms with Crippen molar-refractivity contribution in [1.82, 2.24) is 20.9 Å². The first-order valence-electron chi connectivity index (χ1n) is 14.0. The van der Waals surface area contributed by atoms with E-state index >= 15 is 8.78 Å². The average molecular weight is 623 g/mol. The molecule has 1 saturated heterocycles. The van der Waals surface area contributed by atoms with Gasteiger partial charge in [0.15, 0.2) is 6.61 Å². The molecule has 1 aliphatic heterocycles. The van der Waals surface area contributed by atoms with Crippen LogP contribution >= 0.6 is 11.6 Å². The number of ether oxygens (including phenoxy) is 2. The number of morpholine rings is 1. The van der Waals surface area contributed by atoms with Gasteiger partial charge in [-0.3, -0.25) is 24.1 Å². The van der Waals surface area contributed by atoms with Crippen LogP contribution in [0.4, 0.5) is 8.78 Å². The van der Waals surface area contributed by atoms with Crippen molar-refractivity contribution in [2.75, 3.05) is 46.0 Å². The molecule has 3 N–H and O–H groups in total. The predicted octanol–water partition coefficient (Wildman–Crippen LogP) is 2.24. The predicted molar refractivity (Wildman–Crippen MR) is 156 cm³/mol. The van der Waals surface area contributed by atoms with E-state index in [-0.39, 0.29) is 13.0 Å². The molecule has 234 valence electrons. The number of carbonyl (C=O) groups excluding carboxylic acids is 4. The molecule has 3 amide bonds. The Kier molecular flexibility index (Phi) is 12.8. The minimum absolute atomic E-state index is 0.00695. The smallest absolute Gasteiger partial charge is 0.383 e. The third-order valence-corrected chi connectivity index (χ3v) is 6.99. The highest BCUT2D eigenvalue weighted by Gasteiger charge is 2.51. The van der Waals surface area contributed by atoms with Crippen molar-refractivity contribution in [2.24, 2.45) is 5.92 Å². The van der Waals surface area contributed by atoms with E-state index in [1.54, 1.807) is 48.5 Å². The number of benzene rings is 2. The summed E-state index contributed by atoms with van der Waals surface area (Å²) in [4.78, 5) is 53.4. The van der Waals surface area contributed by atoms with Crippen LogP contribution in [-0.4, -0.2) is 92.4 Å². The molecule has 1 fully saturated rings. The summed E-state index contributed by atoms with van der Waals surface area (Å²) >= 11 is 5.94. The van der Waals surface area contributed by atoms with E-state index in [1.807, 2.05) is 4.90 Å². The standard InChI is InChI=1S/C30H37ClF2N4O6/c1-20(2)26(27(39)30(32,33)29(41)34-11-12-37-13-15-42-16-14-37)36-28(40)24(17-21-7-4-3-5-8-21)35-25(38)19-43-23-10-6-9-22(31)18-23/h3-10,18,20,24,26H,11-17,19H2,1-2H3,(H,34,41)(H,35,38)(H,36,40). The van der Waals surface area contributed by atoms with Gasteiger partial charge in [-0.2, -0.15) is 8.78 Å². The Hall–Kier alpha value is -3.61. The Morgan fingerprint density at radius 3 is 2.37 bits per heavy atom. The summed E-state index contributed by atoms with van der Waals surface area (Å²) in [5.74, 6) is -9.85. The molecule has 1 aliphatic rings. The quantitative estimate of drug-likeness (QED) is 0.260. The fraction of sp³-hybridized carbons (Fsp3) is 0.467. The fourth-order valence-corrected chi connectivity index (χ4v) is 4.54. The first-order valence-corrected chi connectivity index (χ1v) is 14.4. The number of hydrogen-bond acceptors (Lipinski definition) is 7. The van der Waals surface area contributed by atoms with Crippen LogP contribution in [0.2, 0.25) is 5.02 Å². The number of nitrogens with zero attached hydrogens (tertiary/aromatic N) is 1. The van der Waals surface area contributed by atoms with Crippen molar-refractivity contribution in [3.63, 3.8) is 0 Å². The highest BCUT2D eigenvalue weighted by Crippen LogP contribution is 2.21. The van der Waals surface area contributed by atoms with Gasteiger partial charge in [0.2, 0.25) is 11.7 Å². The molecular weight excluding hydrogens is 586 g/mol. The molecule has 0 aromatic heterocycles. The molecule has 2 atom stereocenters. The molecule has 2 aromatic carbocycles. The number of hydrogen-bond donors (Lipinski definition) is 3. The lowest BCUT2D eigenvalue weighted by atomic mass is 9.94. The number of ketones is 1. The number of rotatable bonds is 15. The molecule has 0 radical (unpaired) electrons. The number of halogens is 3. The van der Waals surface area contributed by atoms with Gasteiger partial charge in [0.05, 0.1) is 19.3 Å². The number of alkyl halides is 2. The zero-order valence-electron chi connectivity index (χ0n) is 24.1. The molecule has 2 unspecified atom stereocenters. The van der Waals surface area contributed by atoms with Gasteiger partial charge >= 0.3 is 5.92 Å². The summed E-state index contributed by atoms with van der Waals surface area (Å²) in [6, 6.07) is 12.2. The van der Waals surface area contributed by atoms with Gasteiger partial charge in [0.25, 0.3) is 11.8 Å². The lowest BCUT2D eigenvalue weighted by Crippen LogP contribution is -2.59. The Morgan fingerprint density at radius 1 is 1.02 bits per heavy atom. The van der Waals surface area contributed by atoms with E-state index in [9.17, 15) is 19.2 Å². The molecule has 43 heavy (non-hydrogen) atoms. The lowest BCUT2D eigenvalue weighted by molar-refractivity contribution is -0.161. The zero-order valence-corrected chi connectivity index (χ0v) is 24.9. The normalized spacial score (nSPS) is 15.3. The molecule has 2 aromatic rings. The van der Waals surface area contributed by atoms with Crippen LogP contribution in [0, 0.1) is 5.92 Å². The number of carbonyl (C=O) groups is 4. The first-order chi connectivity index (χ1) is 20.5. The summed E-state index contributed by atoms with van der Waals surface area (Å²) < 4.78 is 40.8. The summed E-state index contributed by atoms with van der Waals surface area (Å²) in [5, 5.41) is 7.44. The van der Waals surface area contributed by atoms with E-state index in [2.05, 4.69) is 16.0 Å². The number of nitrogens with one attached hydrogen (secondary N) is 3. The second-order valence-corrected chi connectivity index (χ2v) is 10.9. The van der Waals surface area contributed by atoms with Crippen LogP contribution in [0.25, 0.3) is 0 Å². The molecule has 0 bridgehead atoms. The second kappa shape index (κ2) is 16.3. The Bertz CT molecular complexity index is 1240. The van der Waals surface area contributed by atoms with Gasteiger partial charge in [0, 0.05) is 37.6 Å². The summed E-state index contributed by atoms with van der Waals surface area (Å²) in [5.41, 5.74) is 0.677. The topological polar surface area (TPSA) is 126 Å². The molecule has 13 heteroatoms. The van der Waals surface area contributed by atoms with Gasteiger partial charge in [0.1, 0.15) is 11.8 Å². The van der Waals surface area contributed by atoms with E-state index in [4.69, 9.17) is 21.1 Å². The summed E-state index contributed by atoms with van der Waals surface area (Å²) in [6.45, 7) is 4.98. The van der Waals surface area contributed by atoms with Crippen LogP contribution in [-0.2, 0) is 30.3 Å². The molecule has 0 spiro atoms. The van der Waals surface area contributed by atoms with Crippen molar-refractivity contribution >= 4 is 35.1 Å². The van der Waals surface area contributed by atoms with Gasteiger partial charge < -0.3 is 25.4 Å². The zero-order chi connectivity index (χ0) is 31.4. The van der Waals surface area contributed by atoms with Gasteiger partial charge in [-0.05, 0) is 29.7 Å². The number of Topliss-reactive ketones (excluding diaryl/α,β-unsaturated/α-hetero) is 1. The van der Waals surface area contributed by atoms with Gasteiger partial charge in [-0.25, -0.2) is 0 Å². The second-order valence-electron chi connectivity index (χ2n) is 10.4. The third kappa shape index (κ3) is 10.6. The Balaban J connectivity index is 1.66. The minimum Gasteiger partial charge on any atom is -0.484 e. The number of amides is 3. The molecule has 1 heterocycles. The Morgan fingerprint density at radius 2 is 1.72 bits per heavy atom. The maximum absolute atomic E-state index is 15.0. The monoisotopic (exact) mass is 622 g/mol. The Labute approximate surface area is 254 Å². The SMILES string of the molecule is CC(C)C(NC(=O)C(Cc1ccccc1)NC(=O)COc1cccc(Cl)c1)C(=O)C(F)(F)C(=O)NCCN1CCOCC1. The van der Waals surface area contributed by atoms with E-state index < -0.39 is 54.0 Å². The first kappa shape index (κ1) is 33.9. The lowest BCUT2D eigenvalue weighted by Gasteiger charge is -2.28. The largest absolute Gasteiger partial charge is 0.484 e. The van der Waals surface area contributed by atoms with Gasteiger partial charge in [-0.15, -0.1) is 0 Å². The highest BCUT2D eigenvalue weighted by molar-refractivity contribution is 6.30. The fourth-order valence-electron chi connectivity index (χ4n) is 4.36. The molecule has 10 nitrogen and oxygen atoms in total. The van der Waals surface area contributed by atoms with E-state index in [0.29, 0.717) is 49.2 Å². The van der Waals surface area contributed by atoms with Crippen molar-refractivity contribution in [1.29, 1.82) is 0 Å². The van der Waals surface area contributed by atoms with Crippen molar-refractivity contribution in [2.45, 2.75) is 38.3 Å². The van der Waals surface area contributed by atoms with Crippen LogP contribution in [0.5, 0.6) is 5.75 Å². The maximum Gasteiger partial charge on any atom is 0.383 e. The van der Waals surface area contributed by atoms with Crippen molar-refractivity contribution in [3.8, 4) is 5.75 Å². The highest BCUT2D eigenvalue weighted by atomic mass is 35.5. The van der Waals surface area contributed by atoms with Crippen molar-refractivity contribution < 1.29 is 37.4 Å². The molecular formula is C30H37ClF2N4O6. The summed E-state index contributed by atoms with van der Waals surface area (Å²) in [6.07, 6.45) is 0.00695. The van der Waals surface area contributed by atoms with E-state index in [1.165, 1.54) is 19.9 Å². The third-order valence-electron chi connectivity index (χ3n) is 6.76. The van der Waals surface area contributed by atoms with Crippen LogP contribution in [0.1, 0.15) is 19.4 Å².